The first-order valence-electron chi connectivity index (χ1n) is 7.71. The third-order valence-corrected chi connectivity index (χ3v) is 4.28. The van der Waals surface area contributed by atoms with Crippen LogP contribution in [0.25, 0.3) is 11.4 Å². The van der Waals surface area contributed by atoms with Crippen LogP contribution in [0.4, 0.5) is 6.01 Å². The van der Waals surface area contributed by atoms with Gasteiger partial charge >= 0.3 is 6.01 Å². The molecule has 2 aromatic rings. The molecule has 3 rings (SSSR count). The van der Waals surface area contributed by atoms with E-state index in [0.717, 1.165) is 31.9 Å². The molecule has 2 heterocycles. The summed E-state index contributed by atoms with van der Waals surface area (Å²) in [6, 6.07) is 7.81. The number of hydrogen-bond donors (Lipinski definition) is 1. The molecule has 124 valence electrons. The molecule has 0 unspecified atom stereocenters. The van der Waals surface area contributed by atoms with Gasteiger partial charge in [0.25, 0.3) is 0 Å². The van der Waals surface area contributed by atoms with Gasteiger partial charge in [-0.05, 0) is 26.0 Å². The number of hydrogen-bond acceptors (Lipinski definition) is 6. The Hall–Kier alpha value is -1.63. The van der Waals surface area contributed by atoms with Crippen LogP contribution in [0.2, 0.25) is 5.02 Å². The van der Waals surface area contributed by atoms with Crippen LogP contribution < -0.4 is 5.32 Å². The van der Waals surface area contributed by atoms with E-state index >= 15 is 0 Å². The molecule has 0 saturated carbocycles. The Kier molecular flexibility index (Phi) is 4.84. The highest BCUT2D eigenvalue weighted by atomic mass is 35.5. The monoisotopic (exact) mass is 336 g/mol. The van der Waals surface area contributed by atoms with Crippen molar-refractivity contribution in [1.29, 1.82) is 0 Å². The molecular formula is C16H21ClN4O2. The van der Waals surface area contributed by atoms with Crippen molar-refractivity contribution in [2.24, 2.45) is 0 Å². The zero-order valence-corrected chi connectivity index (χ0v) is 14.1. The van der Waals surface area contributed by atoms with Crippen LogP contribution in [0.1, 0.15) is 13.8 Å². The minimum absolute atomic E-state index is 0.0194. The molecule has 0 atom stereocenters. The number of morpholine rings is 1. The van der Waals surface area contributed by atoms with E-state index in [0.29, 0.717) is 23.4 Å². The molecule has 0 bridgehead atoms. The number of nitrogens with zero attached hydrogens (tertiary/aromatic N) is 3. The Morgan fingerprint density at radius 2 is 2.09 bits per heavy atom. The van der Waals surface area contributed by atoms with E-state index in [1.807, 2.05) is 24.3 Å². The minimum Gasteiger partial charge on any atom is -0.379 e. The van der Waals surface area contributed by atoms with Crippen molar-refractivity contribution in [3.8, 4) is 11.4 Å². The second kappa shape index (κ2) is 6.86. The topological polar surface area (TPSA) is 63.4 Å². The van der Waals surface area contributed by atoms with Gasteiger partial charge in [-0.25, -0.2) is 0 Å². The number of aromatic nitrogens is 2. The van der Waals surface area contributed by atoms with E-state index in [4.69, 9.17) is 20.9 Å². The summed E-state index contributed by atoms with van der Waals surface area (Å²) in [7, 11) is 0. The second-order valence-corrected chi connectivity index (χ2v) is 6.64. The quantitative estimate of drug-likeness (QED) is 0.905. The average Bonchev–Trinajstić information content (AvgIpc) is 3.03. The number of rotatable bonds is 5. The summed E-state index contributed by atoms with van der Waals surface area (Å²) >= 11 is 5.99. The van der Waals surface area contributed by atoms with Gasteiger partial charge in [-0.15, -0.1) is 0 Å². The first kappa shape index (κ1) is 16.2. The van der Waals surface area contributed by atoms with Crippen LogP contribution in [-0.4, -0.2) is 53.4 Å². The molecule has 1 N–H and O–H groups in total. The van der Waals surface area contributed by atoms with Crippen molar-refractivity contribution in [3.05, 3.63) is 29.3 Å². The predicted octanol–water partition coefficient (Wildman–Crippen LogP) is 2.91. The molecule has 1 aliphatic rings. The molecular weight excluding hydrogens is 316 g/mol. The fraction of sp³-hybridized carbons (Fsp3) is 0.500. The largest absolute Gasteiger partial charge is 0.379 e. The number of anilines is 1. The van der Waals surface area contributed by atoms with Crippen molar-refractivity contribution in [1.82, 2.24) is 15.0 Å². The molecule has 1 aliphatic heterocycles. The predicted molar refractivity (Wildman–Crippen MR) is 89.7 cm³/mol. The van der Waals surface area contributed by atoms with Crippen molar-refractivity contribution in [2.75, 3.05) is 38.2 Å². The SMILES string of the molecule is CC(C)(CNc1nc(-c2cccc(Cl)c2)no1)N1CCOCC1. The first-order valence-corrected chi connectivity index (χ1v) is 8.09. The normalized spacial score (nSPS) is 16.5. The van der Waals surface area contributed by atoms with Gasteiger partial charge in [-0.1, -0.05) is 28.9 Å². The lowest BCUT2D eigenvalue weighted by Crippen LogP contribution is -2.53. The van der Waals surface area contributed by atoms with Crippen LogP contribution in [0.15, 0.2) is 28.8 Å². The van der Waals surface area contributed by atoms with Crippen molar-refractivity contribution >= 4 is 17.6 Å². The van der Waals surface area contributed by atoms with E-state index in [9.17, 15) is 0 Å². The summed E-state index contributed by atoms with van der Waals surface area (Å²) in [4.78, 5) is 6.78. The Bertz CT molecular complexity index is 653. The van der Waals surface area contributed by atoms with Crippen LogP contribution >= 0.6 is 11.6 Å². The highest BCUT2D eigenvalue weighted by Crippen LogP contribution is 2.22. The standard InChI is InChI=1S/C16H21ClN4O2/c1-16(2,21-6-8-22-9-7-21)11-18-15-19-14(20-23-15)12-4-3-5-13(17)10-12/h3-5,10H,6-9,11H2,1-2H3,(H,18,19,20). The fourth-order valence-electron chi connectivity index (χ4n) is 2.61. The van der Waals surface area contributed by atoms with Crippen LogP contribution in [0.5, 0.6) is 0 Å². The number of nitrogens with one attached hydrogen (secondary N) is 1. The third kappa shape index (κ3) is 4.02. The molecule has 7 heteroatoms. The molecule has 0 radical (unpaired) electrons. The molecule has 1 fully saturated rings. The Labute approximate surface area is 140 Å². The molecule has 1 aromatic heterocycles. The lowest BCUT2D eigenvalue weighted by molar-refractivity contribution is -0.00583. The number of ether oxygens (including phenoxy) is 1. The molecule has 6 nitrogen and oxygen atoms in total. The van der Waals surface area contributed by atoms with Gasteiger partial charge in [0.05, 0.1) is 13.2 Å². The van der Waals surface area contributed by atoms with Gasteiger partial charge in [0, 0.05) is 35.8 Å². The summed E-state index contributed by atoms with van der Waals surface area (Å²) < 4.78 is 10.7. The summed E-state index contributed by atoms with van der Waals surface area (Å²) in [6.45, 7) is 8.54. The second-order valence-electron chi connectivity index (χ2n) is 6.20. The van der Waals surface area contributed by atoms with E-state index in [-0.39, 0.29) is 5.54 Å². The van der Waals surface area contributed by atoms with Gasteiger partial charge in [0.2, 0.25) is 5.82 Å². The summed E-state index contributed by atoms with van der Waals surface area (Å²) in [5, 5.41) is 7.88. The zero-order chi connectivity index (χ0) is 16.3. The molecule has 0 aliphatic carbocycles. The van der Waals surface area contributed by atoms with Crippen molar-refractivity contribution in [2.45, 2.75) is 19.4 Å². The molecule has 1 saturated heterocycles. The maximum atomic E-state index is 5.99. The highest BCUT2D eigenvalue weighted by Gasteiger charge is 2.28. The maximum Gasteiger partial charge on any atom is 0.321 e. The van der Waals surface area contributed by atoms with Crippen molar-refractivity contribution in [3.63, 3.8) is 0 Å². The highest BCUT2D eigenvalue weighted by molar-refractivity contribution is 6.30. The molecule has 0 spiro atoms. The number of halogens is 1. The Morgan fingerprint density at radius 1 is 1.30 bits per heavy atom. The Balaban J connectivity index is 1.62. The lowest BCUT2D eigenvalue weighted by atomic mass is 10.0. The smallest absolute Gasteiger partial charge is 0.321 e. The molecule has 0 amide bonds. The first-order chi connectivity index (χ1) is 11.0. The van der Waals surface area contributed by atoms with Gasteiger partial charge in [-0.2, -0.15) is 4.98 Å². The van der Waals surface area contributed by atoms with E-state index in [1.165, 1.54) is 0 Å². The Morgan fingerprint density at radius 3 is 2.83 bits per heavy atom. The van der Waals surface area contributed by atoms with Crippen LogP contribution in [-0.2, 0) is 4.74 Å². The molecule has 1 aromatic carbocycles. The summed E-state index contributed by atoms with van der Waals surface area (Å²) in [5.41, 5.74) is 0.816. The van der Waals surface area contributed by atoms with E-state index in [1.54, 1.807) is 0 Å². The summed E-state index contributed by atoms with van der Waals surface area (Å²) in [5.74, 6) is 0.527. The zero-order valence-electron chi connectivity index (χ0n) is 13.4. The van der Waals surface area contributed by atoms with Gasteiger partial charge < -0.3 is 14.6 Å². The van der Waals surface area contributed by atoms with Gasteiger partial charge in [0.15, 0.2) is 0 Å². The maximum absolute atomic E-state index is 5.99. The van der Waals surface area contributed by atoms with Gasteiger partial charge in [0.1, 0.15) is 0 Å². The lowest BCUT2D eigenvalue weighted by Gasteiger charge is -2.40. The minimum atomic E-state index is -0.0194. The number of benzene rings is 1. The molecule has 23 heavy (non-hydrogen) atoms. The fourth-order valence-corrected chi connectivity index (χ4v) is 2.80. The van der Waals surface area contributed by atoms with Gasteiger partial charge in [-0.3, -0.25) is 4.90 Å². The summed E-state index contributed by atoms with van der Waals surface area (Å²) in [6.07, 6.45) is 0. The van der Waals surface area contributed by atoms with Crippen LogP contribution in [0, 0.1) is 0 Å². The van der Waals surface area contributed by atoms with E-state index in [2.05, 4.69) is 34.2 Å². The van der Waals surface area contributed by atoms with Crippen LogP contribution in [0.3, 0.4) is 0 Å². The van der Waals surface area contributed by atoms with Crippen molar-refractivity contribution < 1.29 is 9.26 Å². The third-order valence-electron chi connectivity index (χ3n) is 4.05. The average molecular weight is 337 g/mol. The van der Waals surface area contributed by atoms with E-state index < -0.39 is 0 Å².